The summed E-state index contributed by atoms with van der Waals surface area (Å²) in [5, 5.41) is 0. The van der Waals surface area contributed by atoms with Gasteiger partial charge in [-0.25, -0.2) is 0 Å². The Morgan fingerprint density at radius 2 is 1.74 bits per heavy atom. The Balaban J connectivity index is 1.41. The number of ether oxygens (including phenoxy) is 2. The lowest BCUT2D eigenvalue weighted by Gasteiger charge is -2.18. The molecule has 0 atom stereocenters. The summed E-state index contributed by atoms with van der Waals surface area (Å²) < 4.78 is 11.2. The summed E-state index contributed by atoms with van der Waals surface area (Å²) in [4.78, 5) is 27.3. The predicted molar refractivity (Wildman–Crippen MR) is 103 cm³/mol. The number of para-hydroxylation sites is 1. The van der Waals surface area contributed by atoms with E-state index in [2.05, 4.69) is 0 Å². The van der Waals surface area contributed by atoms with Gasteiger partial charge in [-0.05, 0) is 42.8 Å². The number of hydrogen-bond acceptors (Lipinski definition) is 4. The van der Waals surface area contributed by atoms with E-state index in [1.165, 1.54) is 0 Å². The Morgan fingerprint density at radius 1 is 1.04 bits per heavy atom. The summed E-state index contributed by atoms with van der Waals surface area (Å²) in [6.45, 7) is 1.62. The maximum Gasteiger partial charge on any atom is 0.260 e. The van der Waals surface area contributed by atoms with E-state index >= 15 is 0 Å². The van der Waals surface area contributed by atoms with Gasteiger partial charge >= 0.3 is 0 Å². The molecule has 6 heteroatoms. The molecule has 1 fully saturated rings. The van der Waals surface area contributed by atoms with Gasteiger partial charge in [0.1, 0.15) is 18.1 Å². The Morgan fingerprint density at radius 3 is 2.41 bits per heavy atom. The highest BCUT2D eigenvalue weighted by atomic mass is 16.5. The fourth-order valence-electron chi connectivity index (χ4n) is 2.84. The Kier molecular flexibility index (Phi) is 6.30. The lowest BCUT2D eigenvalue weighted by molar-refractivity contribution is -0.132. The van der Waals surface area contributed by atoms with Crippen LogP contribution in [0.4, 0.5) is 5.69 Å². The molecule has 0 unspecified atom stereocenters. The highest BCUT2D eigenvalue weighted by Gasteiger charge is 2.21. The largest absolute Gasteiger partial charge is 0.492 e. The zero-order valence-electron chi connectivity index (χ0n) is 15.5. The molecule has 1 saturated heterocycles. The van der Waals surface area contributed by atoms with E-state index in [1.54, 1.807) is 29.0 Å². The van der Waals surface area contributed by atoms with Crippen LogP contribution in [0.3, 0.4) is 0 Å². The Labute approximate surface area is 159 Å². The molecule has 0 aromatic heterocycles. The number of rotatable bonds is 8. The molecule has 2 aromatic rings. The first-order valence-corrected chi connectivity index (χ1v) is 9.08. The van der Waals surface area contributed by atoms with E-state index in [1.807, 2.05) is 42.5 Å². The van der Waals surface area contributed by atoms with Gasteiger partial charge in [-0.3, -0.25) is 9.59 Å². The summed E-state index contributed by atoms with van der Waals surface area (Å²) in [7, 11) is 1.72. The van der Waals surface area contributed by atoms with Crippen molar-refractivity contribution in [3.05, 3.63) is 54.6 Å². The number of anilines is 1. The monoisotopic (exact) mass is 368 g/mol. The zero-order chi connectivity index (χ0) is 19.1. The molecule has 1 heterocycles. The van der Waals surface area contributed by atoms with E-state index < -0.39 is 0 Å². The second-order valence-corrected chi connectivity index (χ2v) is 6.41. The van der Waals surface area contributed by atoms with Gasteiger partial charge in [-0.15, -0.1) is 0 Å². The van der Waals surface area contributed by atoms with Crippen molar-refractivity contribution in [1.29, 1.82) is 0 Å². The van der Waals surface area contributed by atoms with Gasteiger partial charge in [-0.2, -0.15) is 0 Å². The van der Waals surface area contributed by atoms with Crippen LogP contribution in [0.2, 0.25) is 0 Å². The van der Waals surface area contributed by atoms with Crippen molar-refractivity contribution in [1.82, 2.24) is 4.90 Å². The summed E-state index contributed by atoms with van der Waals surface area (Å²) >= 11 is 0. The molecular weight excluding hydrogens is 344 g/mol. The van der Waals surface area contributed by atoms with E-state index in [-0.39, 0.29) is 18.4 Å². The minimum Gasteiger partial charge on any atom is -0.492 e. The molecule has 0 bridgehead atoms. The maximum absolute atomic E-state index is 12.2. The summed E-state index contributed by atoms with van der Waals surface area (Å²) in [5.74, 6) is 1.42. The number of nitrogens with zero attached hydrogens (tertiary/aromatic N) is 2. The fraction of sp³-hybridized carbons (Fsp3) is 0.333. The van der Waals surface area contributed by atoms with Crippen molar-refractivity contribution in [3.63, 3.8) is 0 Å². The van der Waals surface area contributed by atoms with Gasteiger partial charge < -0.3 is 19.3 Å². The zero-order valence-corrected chi connectivity index (χ0v) is 15.5. The molecule has 0 saturated carbocycles. The first-order chi connectivity index (χ1) is 13.1. The van der Waals surface area contributed by atoms with E-state index in [0.29, 0.717) is 25.3 Å². The first-order valence-electron chi connectivity index (χ1n) is 9.08. The molecule has 6 nitrogen and oxygen atoms in total. The Bertz CT molecular complexity index is 762. The molecule has 2 amide bonds. The SMILES string of the molecule is CN(CCOc1ccccc1)C(=O)COc1ccc(N2CCCC2=O)cc1. The molecule has 142 valence electrons. The fourth-order valence-corrected chi connectivity index (χ4v) is 2.84. The van der Waals surface area contributed by atoms with Gasteiger partial charge in [0.25, 0.3) is 5.91 Å². The quantitative estimate of drug-likeness (QED) is 0.719. The van der Waals surface area contributed by atoms with Crippen LogP contribution in [-0.4, -0.2) is 50.1 Å². The van der Waals surface area contributed by atoms with E-state index in [4.69, 9.17) is 9.47 Å². The number of hydrogen-bond donors (Lipinski definition) is 0. The highest BCUT2D eigenvalue weighted by molar-refractivity contribution is 5.95. The second-order valence-electron chi connectivity index (χ2n) is 6.41. The summed E-state index contributed by atoms with van der Waals surface area (Å²) in [6.07, 6.45) is 1.50. The molecule has 0 radical (unpaired) electrons. The van der Waals surface area contributed by atoms with Crippen LogP contribution in [0.1, 0.15) is 12.8 Å². The Hall–Kier alpha value is -3.02. The standard InChI is InChI=1S/C21H24N2O4/c1-22(14-15-26-18-6-3-2-4-7-18)21(25)16-27-19-11-9-17(10-12-19)23-13-5-8-20(23)24/h2-4,6-7,9-12H,5,8,13-16H2,1H3. The average molecular weight is 368 g/mol. The van der Waals surface area contributed by atoms with Crippen LogP contribution < -0.4 is 14.4 Å². The topological polar surface area (TPSA) is 59.1 Å². The summed E-state index contributed by atoms with van der Waals surface area (Å²) in [5.41, 5.74) is 0.867. The molecule has 0 N–H and O–H groups in total. The van der Waals surface area contributed by atoms with E-state index in [9.17, 15) is 9.59 Å². The molecule has 0 spiro atoms. The van der Waals surface area contributed by atoms with Crippen molar-refractivity contribution >= 4 is 17.5 Å². The average Bonchev–Trinajstić information content (AvgIpc) is 3.13. The number of likely N-dealkylation sites (N-methyl/N-ethyl adjacent to an activating group) is 1. The van der Waals surface area contributed by atoms with Crippen LogP contribution >= 0.6 is 0 Å². The number of benzene rings is 2. The molecule has 1 aliphatic heterocycles. The third-order valence-corrected chi connectivity index (χ3v) is 4.45. The van der Waals surface area contributed by atoms with Crippen molar-refractivity contribution in [3.8, 4) is 11.5 Å². The van der Waals surface area contributed by atoms with Gasteiger partial charge in [0.15, 0.2) is 6.61 Å². The minimum absolute atomic E-state index is 0.0379. The maximum atomic E-state index is 12.2. The molecule has 3 rings (SSSR count). The third kappa shape index (κ3) is 5.23. The van der Waals surface area contributed by atoms with Crippen LogP contribution in [0.5, 0.6) is 11.5 Å². The van der Waals surface area contributed by atoms with Gasteiger partial charge in [0.05, 0.1) is 6.54 Å². The van der Waals surface area contributed by atoms with Crippen LogP contribution in [0.25, 0.3) is 0 Å². The molecule has 27 heavy (non-hydrogen) atoms. The molecule has 0 aliphatic carbocycles. The first kappa shape index (κ1) is 18.8. The van der Waals surface area contributed by atoms with Crippen LogP contribution in [0, 0.1) is 0 Å². The minimum atomic E-state index is -0.120. The van der Waals surface area contributed by atoms with Crippen molar-refractivity contribution < 1.29 is 19.1 Å². The smallest absolute Gasteiger partial charge is 0.260 e. The van der Waals surface area contributed by atoms with Crippen molar-refractivity contribution in [2.45, 2.75) is 12.8 Å². The molecular formula is C21H24N2O4. The van der Waals surface area contributed by atoms with E-state index in [0.717, 1.165) is 24.4 Å². The lowest BCUT2D eigenvalue weighted by atomic mass is 10.3. The number of amides is 2. The second kappa shape index (κ2) is 9.07. The number of carbonyl (C=O) groups is 2. The van der Waals surface area contributed by atoms with Gasteiger partial charge in [0, 0.05) is 25.7 Å². The number of carbonyl (C=O) groups excluding carboxylic acids is 2. The third-order valence-electron chi connectivity index (χ3n) is 4.45. The predicted octanol–water partition coefficient (Wildman–Crippen LogP) is 2.73. The molecule has 2 aromatic carbocycles. The van der Waals surface area contributed by atoms with Crippen molar-refractivity contribution in [2.24, 2.45) is 0 Å². The lowest BCUT2D eigenvalue weighted by Crippen LogP contribution is -2.34. The normalized spacial score (nSPS) is 13.5. The molecule has 1 aliphatic rings. The van der Waals surface area contributed by atoms with Crippen LogP contribution in [0.15, 0.2) is 54.6 Å². The van der Waals surface area contributed by atoms with Crippen LogP contribution in [-0.2, 0) is 9.59 Å². The summed E-state index contributed by atoms with van der Waals surface area (Å²) in [6, 6.07) is 16.8. The van der Waals surface area contributed by atoms with Gasteiger partial charge in [-0.1, -0.05) is 18.2 Å². The van der Waals surface area contributed by atoms with Crippen molar-refractivity contribution in [2.75, 3.05) is 38.3 Å². The van der Waals surface area contributed by atoms with Gasteiger partial charge in [0.2, 0.25) is 5.91 Å². The highest BCUT2D eigenvalue weighted by Crippen LogP contribution is 2.23.